The molecule has 1 saturated heterocycles. The molecule has 0 N–H and O–H groups in total. The van der Waals surface area contributed by atoms with Crippen molar-refractivity contribution in [1.82, 2.24) is 19.5 Å². The lowest BCUT2D eigenvalue weighted by molar-refractivity contribution is 0.481. The van der Waals surface area contributed by atoms with Gasteiger partial charge in [0.1, 0.15) is 5.82 Å². The van der Waals surface area contributed by atoms with Crippen molar-refractivity contribution in [2.24, 2.45) is 7.05 Å². The van der Waals surface area contributed by atoms with Crippen LogP contribution in [0.1, 0.15) is 24.6 Å². The maximum Gasteiger partial charge on any atom is 0.293 e. The van der Waals surface area contributed by atoms with Crippen LogP contribution < -0.4 is 10.5 Å². The van der Waals surface area contributed by atoms with Crippen LogP contribution in [0.2, 0.25) is 0 Å². The molecule has 1 aliphatic heterocycles. The molecule has 20 heavy (non-hydrogen) atoms. The molecule has 0 bridgehead atoms. The van der Waals surface area contributed by atoms with E-state index in [-0.39, 0.29) is 5.56 Å². The summed E-state index contributed by atoms with van der Waals surface area (Å²) in [5.41, 5.74) is -0.0399. The Bertz CT molecular complexity index is 632. The average molecular weight is 271 g/mol. The van der Waals surface area contributed by atoms with E-state index in [9.17, 15) is 4.79 Å². The van der Waals surface area contributed by atoms with Crippen LogP contribution in [0, 0.1) is 0 Å². The van der Waals surface area contributed by atoms with Gasteiger partial charge in [0.2, 0.25) is 0 Å². The van der Waals surface area contributed by atoms with Gasteiger partial charge in [0.25, 0.3) is 5.56 Å². The third kappa shape index (κ3) is 2.41. The average Bonchev–Trinajstić information content (AvgIpc) is 2.51. The number of aromatic nitrogens is 4. The van der Waals surface area contributed by atoms with Crippen molar-refractivity contribution >= 4 is 5.82 Å². The molecule has 3 heterocycles. The zero-order chi connectivity index (χ0) is 13.9. The van der Waals surface area contributed by atoms with E-state index in [0.29, 0.717) is 11.7 Å². The van der Waals surface area contributed by atoms with E-state index < -0.39 is 0 Å². The van der Waals surface area contributed by atoms with Crippen molar-refractivity contribution in [2.75, 3.05) is 18.0 Å². The highest BCUT2D eigenvalue weighted by Crippen LogP contribution is 2.26. The minimum absolute atomic E-state index is 0.0399. The maximum atomic E-state index is 12.1. The van der Waals surface area contributed by atoms with Crippen LogP contribution in [0.3, 0.4) is 0 Å². The Labute approximate surface area is 117 Å². The van der Waals surface area contributed by atoms with Gasteiger partial charge in [-0.2, -0.15) is 0 Å². The smallest absolute Gasteiger partial charge is 0.293 e. The van der Waals surface area contributed by atoms with Crippen LogP contribution in [-0.4, -0.2) is 32.6 Å². The van der Waals surface area contributed by atoms with Gasteiger partial charge >= 0.3 is 0 Å². The number of piperidine rings is 1. The molecular formula is C14H17N5O. The molecule has 0 spiro atoms. The van der Waals surface area contributed by atoms with Gasteiger partial charge in [-0.1, -0.05) is 0 Å². The summed E-state index contributed by atoms with van der Waals surface area (Å²) in [7, 11) is 1.75. The van der Waals surface area contributed by atoms with Crippen LogP contribution in [0.5, 0.6) is 0 Å². The van der Waals surface area contributed by atoms with E-state index in [0.717, 1.165) is 31.8 Å². The van der Waals surface area contributed by atoms with E-state index in [4.69, 9.17) is 0 Å². The second-order valence-corrected chi connectivity index (χ2v) is 5.04. The standard InChI is InChI=1S/C14H17N5O/c1-18-10-7-17-13(14(18)20)19-8-3-11(4-9-19)12-15-5-2-6-16-12/h2,5-7,10-11H,3-4,8-9H2,1H3. The monoisotopic (exact) mass is 271 g/mol. The summed E-state index contributed by atoms with van der Waals surface area (Å²) in [6, 6.07) is 1.83. The van der Waals surface area contributed by atoms with E-state index in [1.807, 2.05) is 6.07 Å². The summed E-state index contributed by atoms with van der Waals surface area (Å²) in [4.78, 5) is 27.0. The van der Waals surface area contributed by atoms with Gasteiger partial charge in [0.15, 0.2) is 5.82 Å². The summed E-state index contributed by atoms with van der Waals surface area (Å²) < 4.78 is 1.56. The van der Waals surface area contributed by atoms with Crippen molar-refractivity contribution < 1.29 is 0 Å². The molecule has 1 aliphatic rings. The molecule has 0 saturated carbocycles. The SMILES string of the molecule is Cn1ccnc(N2CCC(c3ncccn3)CC2)c1=O. The largest absolute Gasteiger partial charge is 0.352 e. The number of anilines is 1. The molecule has 2 aromatic rings. The summed E-state index contributed by atoms with van der Waals surface area (Å²) >= 11 is 0. The Morgan fingerprint density at radius 2 is 1.80 bits per heavy atom. The van der Waals surface area contributed by atoms with Gasteiger partial charge in [0.05, 0.1) is 0 Å². The maximum absolute atomic E-state index is 12.1. The van der Waals surface area contributed by atoms with E-state index in [2.05, 4.69) is 19.9 Å². The van der Waals surface area contributed by atoms with Crippen molar-refractivity contribution in [1.29, 1.82) is 0 Å². The fourth-order valence-corrected chi connectivity index (χ4v) is 2.57. The number of hydrogen-bond donors (Lipinski definition) is 0. The number of rotatable bonds is 2. The van der Waals surface area contributed by atoms with Crippen LogP contribution in [0.4, 0.5) is 5.82 Å². The van der Waals surface area contributed by atoms with E-state index >= 15 is 0 Å². The summed E-state index contributed by atoms with van der Waals surface area (Å²) in [6.07, 6.45) is 8.80. The number of hydrogen-bond acceptors (Lipinski definition) is 5. The molecule has 104 valence electrons. The molecule has 0 aliphatic carbocycles. The van der Waals surface area contributed by atoms with Crippen LogP contribution >= 0.6 is 0 Å². The first kappa shape index (κ1) is 12.8. The van der Waals surface area contributed by atoms with Crippen LogP contribution in [-0.2, 0) is 7.05 Å². The highest BCUT2D eigenvalue weighted by Gasteiger charge is 2.24. The minimum atomic E-state index is -0.0399. The van der Waals surface area contributed by atoms with Crippen molar-refractivity contribution in [3.8, 4) is 0 Å². The molecule has 2 aromatic heterocycles. The first-order valence-corrected chi connectivity index (χ1v) is 6.79. The predicted octanol–water partition coefficient (Wildman–Crippen LogP) is 0.954. The highest BCUT2D eigenvalue weighted by molar-refractivity contribution is 5.36. The van der Waals surface area contributed by atoms with Crippen LogP contribution in [0.25, 0.3) is 0 Å². The van der Waals surface area contributed by atoms with Gasteiger partial charge in [0, 0.05) is 50.8 Å². The van der Waals surface area contributed by atoms with Crippen LogP contribution in [0.15, 0.2) is 35.6 Å². The Morgan fingerprint density at radius 1 is 1.10 bits per heavy atom. The lowest BCUT2D eigenvalue weighted by Crippen LogP contribution is -2.38. The third-order valence-electron chi connectivity index (χ3n) is 3.74. The fourth-order valence-electron chi connectivity index (χ4n) is 2.57. The molecular weight excluding hydrogens is 254 g/mol. The first-order valence-electron chi connectivity index (χ1n) is 6.79. The number of aryl methyl sites for hydroxylation is 1. The molecule has 0 amide bonds. The fraction of sp³-hybridized carbons (Fsp3) is 0.429. The molecule has 6 heteroatoms. The van der Waals surface area contributed by atoms with Crippen molar-refractivity contribution in [3.63, 3.8) is 0 Å². The van der Waals surface area contributed by atoms with Gasteiger partial charge in [-0.15, -0.1) is 0 Å². The molecule has 3 rings (SSSR count). The predicted molar refractivity (Wildman–Crippen MR) is 75.7 cm³/mol. The lowest BCUT2D eigenvalue weighted by atomic mass is 9.96. The minimum Gasteiger partial charge on any atom is -0.352 e. The first-order chi connectivity index (χ1) is 9.75. The Balaban J connectivity index is 1.73. The zero-order valence-electron chi connectivity index (χ0n) is 11.4. The lowest BCUT2D eigenvalue weighted by Gasteiger charge is -2.31. The van der Waals surface area contributed by atoms with Crippen molar-refractivity contribution in [3.05, 3.63) is 47.0 Å². The molecule has 0 radical (unpaired) electrons. The molecule has 0 unspecified atom stereocenters. The quantitative estimate of drug-likeness (QED) is 0.814. The summed E-state index contributed by atoms with van der Waals surface area (Å²) in [5.74, 6) is 1.82. The zero-order valence-corrected chi connectivity index (χ0v) is 11.4. The topological polar surface area (TPSA) is 63.9 Å². The molecule has 0 atom stereocenters. The van der Waals surface area contributed by atoms with Gasteiger partial charge < -0.3 is 9.47 Å². The molecule has 6 nitrogen and oxygen atoms in total. The normalized spacial score (nSPS) is 16.4. The molecule has 1 fully saturated rings. The Kier molecular flexibility index (Phi) is 3.45. The van der Waals surface area contributed by atoms with Gasteiger partial charge in [-0.3, -0.25) is 4.79 Å². The van der Waals surface area contributed by atoms with E-state index in [1.165, 1.54) is 0 Å². The summed E-state index contributed by atoms with van der Waals surface area (Å²) in [6.45, 7) is 1.63. The Morgan fingerprint density at radius 3 is 2.50 bits per heavy atom. The van der Waals surface area contributed by atoms with Gasteiger partial charge in [-0.05, 0) is 18.9 Å². The van der Waals surface area contributed by atoms with E-state index in [1.54, 1.807) is 36.4 Å². The number of nitrogens with zero attached hydrogens (tertiary/aromatic N) is 5. The Hall–Kier alpha value is -2.24. The second kappa shape index (κ2) is 5.40. The molecule has 0 aromatic carbocycles. The third-order valence-corrected chi connectivity index (χ3v) is 3.74. The van der Waals surface area contributed by atoms with Crippen molar-refractivity contribution in [2.45, 2.75) is 18.8 Å². The van der Waals surface area contributed by atoms with Gasteiger partial charge in [-0.25, -0.2) is 15.0 Å². The summed E-state index contributed by atoms with van der Waals surface area (Å²) in [5, 5.41) is 0. The highest BCUT2D eigenvalue weighted by atomic mass is 16.1. The second-order valence-electron chi connectivity index (χ2n) is 5.04.